The largest absolute Gasteiger partial charge is 0.390 e. The van der Waals surface area contributed by atoms with Gasteiger partial charge in [0.1, 0.15) is 0 Å². The van der Waals surface area contributed by atoms with Gasteiger partial charge in [0.25, 0.3) is 0 Å². The summed E-state index contributed by atoms with van der Waals surface area (Å²) in [5.41, 5.74) is 0. The lowest BCUT2D eigenvalue weighted by atomic mass is 10.3. The number of methoxy groups -OCH3 is 1. The highest BCUT2D eigenvalue weighted by atomic mass is 16.5. The van der Waals surface area contributed by atoms with Gasteiger partial charge in [-0.25, -0.2) is 0 Å². The van der Waals surface area contributed by atoms with Gasteiger partial charge in [0.2, 0.25) is 0 Å². The Bertz CT molecular complexity index is 140. The maximum Gasteiger partial charge on any atom is 0.0835 e. The minimum absolute atomic E-state index is 0.0287. The molecule has 84 valence electrons. The van der Waals surface area contributed by atoms with E-state index in [0.717, 1.165) is 19.3 Å². The van der Waals surface area contributed by atoms with Crippen LogP contribution in [-0.2, 0) is 14.2 Å². The molecular weight excluding hydrogens is 184 g/mol. The van der Waals surface area contributed by atoms with Crippen molar-refractivity contribution >= 4 is 0 Å². The highest BCUT2D eigenvalue weighted by molar-refractivity contribution is 4.76. The minimum atomic E-state index is -0.269. The smallest absolute Gasteiger partial charge is 0.0835 e. The highest BCUT2D eigenvalue weighted by Crippen LogP contribution is 2.21. The van der Waals surface area contributed by atoms with E-state index >= 15 is 0 Å². The summed E-state index contributed by atoms with van der Waals surface area (Å²) in [6, 6.07) is 0. The predicted octanol–water partition coefficient (Wildman–Crippen LogP) is 0.579. The molecular formula is C10H20O4. The summed E-state index contributed by atoms with van der Waals surface area (Å²) in [4.78, 5) is 0. The molecule has 1 rings (SSSR count). The van der Waals surface area contributed by atoms with Gasteiger partial charge < -0.3 is 19.3 Å². The molecule has 0 amide bonds. The number of hydrogen-bond acceptors (Lipinski definition) is 4. The average Bonchev–Trinajstić information content (AvgIpc) is 2.58. The fourth-order valence-corrected chi connectivity index (χ4v) is 1.60. The molecule has 2 atom stereocenters. The third-order valence-electron chi connectivity index (χ3n) is 2.41. The second kappa shape index (κ2) is 7.17. The molecule has 1 fully saturated rings. The normalized spacial score (nSPS) is 27.0. The van der Waals surface area contributed by atoms with Crippen LogP contribution in [0.1, 0.15) is 19.3 Å². The lowest BCUT2D eigenvalue weighted by Gasteiger charge is -2.15. The van der Waals surface area contributed by atoms with E-state index in [2.05, 4.69) is 0 Å². The first kappa shape index (κ1) is 11.9. The van der Waals surface area contributed by atoms with E-state index in [1.165, 1.54) is 0 Å². The molecule has 14 heavy (non-hydrogen) atoms. The quantitative estimate of drug-likeness (QED) is 0.616. The van der Waals surface area contributed by atoms with Crippen LogP contribution in [-0.4, -0.2) is 50.9 Å². The predicted molar refractivity (Wildman–Crippen MR) is 52.3 cm³/mol. The Labute approximate surface area is 85.2 Å². The molecule has 1 aliphatic rings. The molecule has 0 saturated heterocycles. The summed E-state index contributed by atoms with van der Waals surface area (Å²) in [6.45, 7) is 2.36. The van der Waals surface area contributed by atoms with E-state index in [4.69, 9.17) is 14.2 Å². The molecule has 0 aromatic carbocycles. The maximum absolute atomic E-state index is 9.44. The van der Waals surface area contributed by atoms with Gasteiger partial charge in [-0.2, -0.15) is 0 Å². The molecule has 4 heteroatoms. The molecule has 1 aliphatic carbocycles. The molecule has 2 unspecified atom stereocenters. The summed E-state index contributed by atoms with van der Waals surface area (Å²) in [7, 11) is 1.65. The first-order valence-electron chi connectivity index (χ1n) is 5.21. The van der Waals surface area contributed by atoms with Crippen molar-refractivity contribution in [1.82, 2.24) is 0 Å². The molecule has 0 heterocycles. The summed E-state index contributed by atoms with van der Waals surface area (Å²) in [5, 5.41) is 9.44. The molecule has 4 nitrogen and oxygen atoms in total. The molecule has 1 saturated carbocycles. The van der Waals surface area contributed by atoms with E-state index < -0.39 is 0 Å². The fourth-order valence-electron chi connectivity index (χ4n) is 1.60. The van der Waals surface area contributed by atoms with Gasteiger partial charge in [-0.3, -0.25) is 0 Å². The van der Waals surface area contributed by atoms with Crippen LogP contribution in [0.4, 0.5) is 0 Å². The third-order valence-corrected chi connectivity index (χ3v) is 2.41. The minimum Gasteiger partial charge on any atom is -0.390 e. The van der Waals surface area contributed by atoms with Crippen molar-refractivity contribution in [2.75, 3.05) is 33.5 Å². The van der Waals surface area contributed by atoms with Crippen LogP contribution in [0, 0.1) is 0 Å². The summed E-state index contributed by atoms with van der Waals surface area (Å²) < 4.78 is 15.6. The Hall–Kier alpha value is -0.160. The first-order chi connectivity index (χ1) is 6.84. The molecule has 0 bridgehead atoms. The Morgan fingerprint density at radius 1 is 1.14 bits per heavy atom. The lowest BCUT2D eigenvalue weighted by Crippen LogP contribution is -2.24. The number of aliphatic hydroxyl groups excluding tert-OH is 1. The van der Waals surface area contributed by atoms with E-state index in [1.807, 2.05) is 0 Å². The highest BCUT2D eigenvalue weighted by Gasteiger charge is 2.25. The van der Waals surface area contributed by atoms with Crippen molar-refractivity contribution in [2.24, 2.45) is 0 Å². The van der Waals surface area contributed by atoms with Crippen molar-refractivity contribution in [3.63, 3.8) is 0 Å². The summed E-state index contributed by atoms with van der Waals surface area (Å²) in [5.74, 6) is 0. The zero-order valence-electron chi connectivity index (χ0n) is 8.78. The van der Waals surface area contributed by atoms with Gasteiger partial charge >= 0.3 is 0 Å². The Morgan fingerprint density at radius 3 is 2.57 bits per heavy atom. The number of ether oxygens (including phenoxy) is 3. The monoisotopic (exact) mass is 204 g/mol. The second-order valence-corrected chi connectivity index (χ2v) is 3.51. The SMILES string of the molecule is COCCOCCOC1CCCC1O. The van der Waals surface area contributed by atoms with Crippen molar-refractivity contribution in [3.8, 4) is 0 Å². The Kier molecular flexibility index (Phi) is 6.10. The first-order valence-corrected chi connectivity index (χ1v) is 5.21. The van der Waals surface area contributed by atoms with E-state index in [1.54, 1.807) is 7.11 Å². The van der Waals surface area contributed by atoms with Crippen LogP contribution in [0.25, 0.3) is 0 Å². The molecule has 0 aromatic rings. The van der Waals surface area contributed by atoms with Gasteiger partial charge in [0.15, 0.2) is 0 Å². The van der Waals surface area contributed by atoms with Crippen molar-refractivity contribution in [2.45, 2.75) is 31.5 Å². The van der Waals surface area contributed by atoms with Gasteiger partial charge in [-0.05, 0) is 19.3 Å². The molecule has 0 aromatic heterocycles. The van der Waals surface area contributed by atoms with Crippen LogP contribution in [0.3, 0.4) is 0 Å². The second-order valence-electron chi connectivity index (χ2n) is 3.51. The molecule has 0 aliphatic heterocycles. The van der Waals surface area contributed by atoms with Crippen LogP contribution in [0.2, 0.25) is 0 Å². The zero-order chi connectivity index (χ0) is 10.2. The van der Waals surface area contributed by atoms with Crippen molar-refractivity contribution < 1.29 is 19.3 Å². The van der Waals surface area contributed by atoms with Gasteiger partial charge in [-0.1, -0.05) is 0 Å². The average molecular weight is 204 g/mol. The van der Waals surface area contributed by atoms with Gasteiger partial charge in [-0.15, -0.1) is 0 Å². The zero-order valence-corrected chi connectivity index (χ0v) is 8.78. The summed E-state index contributed by atoms with van der Waals surface area (Å²) in [6.07, 6.45) is 2.67. The fraction of sp³-hybridized carbons (Fsp3) is 1.00. The molecule has 0 radical (unpaired) electrons. The van der Waals surface area contributed by atoms with Gasteiger partial charge in [0, 0.05) is 7.11 Å². The summed E-state index contributed by atoms with van der Waals surface area (Å²) >= 11 is 0. The van der Waals surface area contributed by atoms with E-state index in [0.29, 0.717) is 26.4 Å². The number of aliphatic hydroxyl groups is 1. The third kappa shape index (κ3) is 4.37. The van der Waals surface area contributed by atoms with Crippen LogP contribution in [0.5, 0.6) is 0 Å². The Balaban J connectivity index is 1.88. The number of rotatable bonds is 7. The standard InChI is InChI=1S/C10H20O4/c1-12-5-6-13-7-8-14-10-4-2-3-9(10)11/h9-11H,2-8H2,1H3. The maximum atomic E-state index is 9.44. The number of hydrogen-bond donors (Lipinski definition) is 1. The van der Waals surface area contributed by atoms with E-state index in [-0.39, 0.29) is 12.2 Å². The van der Waals surface area contributed by atoms with Crippen LogP contribution in [0.15, 0.2) is 0 Å². The van der Waals surface area contributed by atoms with Gasteiger partial charge in [0.05, 0.1) is 38.6 Å². The van der Waals surface area contributed by atoms with Crippen LogP contribution < -0.4 is 0 Å². The molecule has 1 N–H and O–H groups in total. The topological polar surface area (TPSA) is 47.9 Å². The Morgan fingerprint density at radius 2 is 1.93 bits per heavy atom. The van der Waals surface area contributed by atoms with Crippen molar-refractivity contribution in [3.05, 3.63) is 0 Å². The lowest BCUT2D eigenvalue weighted by molar-refractivity contribution is -0.0450. The van der Waals surface area contributed by atoms with Crippen LogP contribution >= 0.6 is 0 Å². The van der Waals surface area contributed by atoms with E-state index in [9.17, 15) is 5.11 Å². The molecule has 0 spiro atoms. The van der Waals surface area contributed by atoms with Crippen molar-refractivity contribution in [1.29, 1.82) is 0 Å².